The second kappa shape index (κ2) is 7.42. The van der Waals surface area contributed by atoms with Crippen molar-refractivity contribution >= 4 is 27.5 Å². The standard InChI is InChI=1S/C16H24BrClN2O/c1-20(11-16(21)7-2-3-8-16)9-6-15(19)13-5-4-12(17)10-14(13)18/h4-5,10,15,21H,2-3,6-9,11,19H2,1H3. The number of rotatable bonds is 6. The third kappa shape index (κ3) is 4.93. The summed E-state index contributed by atoms with van der Waals surface area (Å²) in [6.07, 6.45) is 4.94. The highest BCUT2D eigenvalue weighted by Gasteiger charge is 2.32. The Hall–Kier alpha value is -0.130. The Bertz CT molecular complexity index is 477. The predicted octanol–water partition coefficient (Wildman–Crippen LogP) is 3.73. The number of nitrogens with zero attached hydrogens (tertiary/aromatic N) is 1. The summed E-state index contributed by atoms with van der Waals surface area (Å²) < 4.78 is 0.962. The summed E-state index contributed by atoms with van der Waals surface area (Å²) in [5, 5.41) is 11.1. The minimum atomic E-state index is -0.492. The predicted molar refractivity (Wildman–Crippen MR) is 91.6 cm³/mol. The van der Waals surface area contributed by atoms with Crippen LogP contribution in [0.2, 0.25) is 5.02 Å². The molecule has 118 valence electrons. The molecule has 1 atom stereocenters. The normalized spacial score (nSPS) is 19.1. The van der Waals surface area contributed by atoms with Gasteiger partial charge < -0.3 is 15.7 Å². The molecule has 1 aromatic rings. The summed E-state index contributed by atoms with van der Waals surface area (Å²) in [6, 6.07) is 5.74. The van der Waals surface area contributed by atoms with Crippen molar-refractivity contribution in [3.63, 3.8) is 0 Å². The van der Waals surface area contributed by atoms with E-state index in [1.165, 1.54) is 0 Å². The number of benzene rings is 1. The second-order valence-electron chi connectivity index (χ2n) is 6.23. The summed E-state index contributed by atoms with van der Waals surface area (Å²) in [6.45, 7) is 1.59. The highest BCUT2D eigenvalue weighted by atomic mass is 79.9. The molecule has 3 N–H and O–H groups in total. The SMILES string of the molecule is CN(CCC(N)c1ccc(Br)cc1Cl)CC1(O)CCCC1. The Morgan fingerprint density at radius 1 is 1.43 bits per heavy atom. The topological polar surface area (TPSA) is 49.5 Å². The molecule has 1 fully saturated rings. The molecule has 3 nitrogen and oxygen atoms in total. The molecule has 1 aliphatic rings. The maximum atomic E-state index is 10.4. The molecule has 0 radical (unpaired) electrons. The Balaban J connectivity index is 1.84. The summed E-state index contributed by atoms with van der Waals surface area (Å²) in [4.78, 5) is 2.18. The van der Waals surface area contributed by atoms with Crippen LogP contribution >= 0.6 is 27.5 Å². The Morgan fingerprint density at radius 2 is 2.10 bits per heavy atom. The molecule has 1 aliphatic carbocycles. The number of halogens is 2. The van der Waals surface area contributed by atoms with Crippen LogP contribution in [0, 0.1) is 0 Å². The average molecular weight is 376 g/mol. The van der Waals surface area contributed by atoms with Crippen molar-refractivity contribution in [1.29, 1.82) is 0 Å². The third-order valence-electron chi connectivity index (χ3n) is 4.28. The summed E-state index contributed by atoms with van der Waals surface area (Å²) in [7, 11) is 2.05. The molecule has 1 saturated carbocycles. The number of likely N-dealkylation sites (N-methyl/N-ethyl adjacent to an activating group) is 1. The molecule has 5 heteroatoms. The zero-order valence-corrected chi connectivity index (χ0v) is 14.8. The molecule has 1 unspecified atom stereocenters. The van der Waals surface area contributed by atoms with Gasteiger partial charge in [0.25, 0.3) is 0 Å². The highest BCUT2D eigenvalue weighted by Crippen LogP contribution is 2.30. The van der Waals surface area contributed by atoms with Crippen molar-refractivity contribution in [3.8, 4) is 0 Å². The lowest BCUT2D eigenvalue weighted by atomic mass is 10.0. The zero-order chi connectivity index (χ0) is 15.5. The fourth-order valence-electron chi connectivity index (χ4n) is 3.09. The monoisotopic (exact) mass is 374 g/mol. The largest absolute Gasteiger partial charge is 0.389 e. The number of hydrogen-bond donors (Lipinski definition) is 2. The fraction of sp³-hybridized carbons (Fsp3) is 0.625. The average Bonchev–Trinajstić information content (AvgIpc) is 2.82. The van der Waals surface area contributed by atoms with E-state index in [0.29, 0.717) is 5.02 Å². The number of aliphatic hydroxyl groups is 1. The van der Waals surface area contributed by atoms with Crippen molar-refractivity contribution in [3.05, 3.63) is 33.3 Å². The van der Waals surface area contributed by atoms with Crippen molar-refractivity contribution in [1.82, 2.24) is 4.90 Å². The minimum Gasteiger partial charge on any atom is -0.389 e. The second-order valence-corrected chi connectivity index (χ2v) is 7.55. The summed E-state index contributed by atoms with van der Waals surface area (Å²) in [5.74, 6) is 0. The lowest BCUT2D eigenvalue weighted by molar-refractivity contribution is 0.0158. The van der Waals surface area contributed by atoms with Crippen LogP contribution in [-0.4, -0.2) is 35.7 Å². The van der Waals surface area contributed by atoms with Gasteiger partial charge in [-0.2, -0.15) is 0 Å². The third-order valence-corrected chi connectivity index (χ3v) is 5.10. The summed E-state index contributed by atoms with van der Waals surface area (Å²) in [5.41, 5.74) is 6.73. The molecule has 0 spiro atoms. The van der Waals surface area contributed by atoms with Crippen LogP contribution in [-0.2, 0) is 0 Å². The molecule has 2 rings (SSSR count). The van der Waals surface area contributed by atoms with Gasteiger partial charge in [-0.1, -0.05) is 46.4 Å². The first-order valence-corrected chi connectivity index (χ1v) is 8.68. The molecule has 0 heterocycles. The van der Waals surface area contributed by atoms with Gasteiger partial charge in [0.2, 0.25) is 0 Å². The van der Waals surface area contributed by atoms with E-state index in [4.69, 9.17) is 17.3 Å². The summed E-state index contributed by atoms with van der Waals surface area (Å²) >= 11 is 9.64. The van der Waals surface area contributed by atoms with Crippen molar-refractivity contribution in [2.24, 2.45) is 5.73 Å². The van der Waals surface area contributed by atoms with E-state index in [0.717, 1.165) is 55.2 Å². The van der Waals surface area contributed by atoms with Crippen molar-refractivity contribution in [2.45, 2.75) is 43.7 Å². The minimum absolute atomic E-state index is 0.0775. The van der Waals surface area contributed by atoms with Gasteiger partial charge in [-0.15, -0.1) is 0 Å². The van der Waals surface area contributed by atoms with Gasteiger partial charge in [0.1, 0.15) is 0 Å². The highest BCUT2D eigenvalue weighted by molar-refractivity contribution is 9.10. The van der Waals surface area contributed by atoms with Crippen LogP contribution in [0.5, 0.6) is 0 Å². The molecular formula is C16H24BrClN2O. The van der Waals surface area contributed by atoms with Crippen LogP contribution in [0.15, 0.2) is 22.7 Å². The maximum Gasteiger partial charge on any atom is 0.0774 e. The number of nitrogens with two attached hydrogens (primary N) is 1. The van der Waals surface area contributed by atoms with Gasteiger partial charge in [-0.05, 0) is 50.6 Å². The molecule has 0 aliphatic heterocycles. The number of hydrogen-bond acceptors (Lipinski definition) is 3. The first-order valence-electron chi connectivity index (χ1n) is 7.51. The molecule has 0 saturated heterocycles. The van der Waals surface area contributed by atoms with Gasteiger partial charge in [-0.3, -0.25) is 0 Å². The van der Waals surface area contributed by atoms with E-state index in [-0.39, 0.29) is 6.04 Å². The molecule has 0 bridgehead atoms. The maximum absolute atomic E-state index is 10.4. The van der Waals surface area contributed by atoms with Gasteiger partial charge >= 0.3 is 0 Å². The molecular weight excluding hydrogens is 352 g/mol. The van der Waals surface area contributed by atoms with E-state index in [9.17, 15) is 5.11 Å². The van der Waals surface area contributed by atoms with E-state index in [1.807, 2.05) is 25.2 Å². The Morgan fingerprint density at radius 3 is 2.71 bits per heavy atom. The van der Waals surface area contributed by atoms with Crippen LogP contribution in [0.1, 0.15) is 43.7 Å². The van der Waals surface area contributed by atoms with Gasteiger partial charge in [0.15, 0.2) is 0 Å². The zero-order valence-electron chi connectivity index (χ0n) is 12.5. The van der Waals surface area contributed by atoms with E-state index < -0.39 is 5.60 Å². The fourth-order valence-corrected chi connectivity index (χ4v) is 3.90. The molecule has 21 heavy (non-hydrogen) atoms. The molecule has 0 aromatic heterocycles. The van der Waals surface area contributed by atoms with Crippen molar-refractivity contribution < 1.29 is 5.11 Å². The Kier molecular flexibility index (Phi) is 6.09. The Labute approximate surface area is 140 Å². The molecule has 1 aromatic carbocycles. The first-order chi connectivity index (χ1) is 9.89. The lowest BCUT2D eigenvalue weighted by Crippen LogP contribution is -2.40. The van der Waals surface area contributed by atoms with Crippen LogP contribution in [0.4, 0.5) is 0 Å². The quantitative estimate of drug-likeness (QED) is 0.796. The molecule has 0 amide bonds. The van der Waals surface area contributed by atoms with Crippen molar-refractivity contribution in [2.75, 3.05) is 20.1 Å². The van der Waals surface area contributed by atoms with Gasteiger partial charge in [-0.25, -0.2) is 0 Å². The smallest absolute Gasteiger partial charge is 0.0774 e. The van der Waals surface area contributed by atoms with E-state index in [1.54, 1.807) is 0 Å². The van der Waals surface area contributed by atoms with E-state index in [2.05, 4.69) is 20.8 Å². The van der Waals surface area contributed by atoms with Gasteiger partial charge in [0, 0.05) is 22.1 Å². The van der Waals surface area contributed by atoms with E-state index >= 15 is 0 Å². The van der Waals surface area contributed by atoms with Crippen LogP contribution < -0.4 is 5.73 Å². The first kappa shape index (κ1) is 17.2. The van der Waals surface area contributed by atoms with Gasteiger partial charge in [0.05, 0.1) is 5.60 Å². The van der Waals surface area contributed by atoms with Crippen LogP contribution in [0.25, 0.3) is 0 Å². The lowest BCUT2D eigenvalue weighted by Gasteiger charge is -2.29. The van der Waals surface area contributed by atoms with Crippen LogP contribution in [0.3, 0.4) is 0 Å².